The van der Waals surface area contributed by atoms with E-state index in [1.54, 1.807) is 0 Å². The molecule has 0 aliphatic carbocycles. The monoisotopic (exact) mass is 247 g/mol. The number of alkyl halides is 2. The number of aliphatic hydroxyl groups excluding tert-OH is 1. The summed E-state index contributed by atoms with van der Waals surface area (Å²) in [4.78, 5) is 10.5. The van der Waals surface area contributed by atoms with Gasteiger partial charge in [-0.1, -0.05) is 11.6 Å². The Labute approximate surface area is 86.2 Å². The second-order valence-corrected chi connectivity index (χ2v) is 5.34. The van der Waals surface area contributed by atoms with Crippen molar-refractivity contribution >= 4 is 27.3 Å². The predicted octanol–water partition coefficient (Wildman–Crippen LogP) is -0.612. The molecule has 3 unspecified atom stereocenters. The Hall–Kier alpha value is -0.400. The topological polar surface area (TPSA) is 83.5 Å². The molecule has 0 fully saturated rings. The lowest BCUT2D eigenvalue weighted by Gasteiger charge is -2.21. The molecule has 3 atom stereocenters. The zero-order chi connectivity index (χ0) is 11.5. The summed E-state index contributed by atoms with van der Waals surface area (Å²) in [7, 11) is -3.88. The normalized spacial score (nSPS) is 18.4. The van der Waals surface area contributed by atoms with Crippen molar-refractivity contribution in [2.45, 2.75) is 24.0 Å². The number of sulfone groups is 1. The highest BCUT2D eigenvalue weighted by atomic mass is 35.5. The minimum Gasteiger partial charge on any atom is -0.375 e. The van der Waals surface area contributed by atoms with E-state index in [1.165, 1.54) is 0 Å². The van der Waals surface area contributed by atoms with E-state index in [0.717, 1.165) is 6.92 Å². The molecule has 0 aromatic rings. The van der Waals surface area contributed by atoms with Gasteiger partial charge in [-0.05, 0) is 0 Å². The van der Waals surface area contributed by atoms with Gasteiger partial charge in [-0.15, -0.1) is 0 Å². The molecule has 8 heteroatoms. The fourth-order valence-electron chi connectivity index (χ4n) is 0.760. The third-order valence-electron chi connectivity index (χ3n) is 1.39. The van der Waals surface area contributed by atoms with Crippen LogP contribution in [0, 0.1) is 0 Å². The number of hydrogen-bond donors (Lipinski definition) is 2. The first kappa shape index (κ1) is 13.6. The van der Waals surface area contributed by atoms with Crippen molar-refractivity contribution in [2.75, 3.05) is 6.26 Å². The lowest BCUT2D eigenvalue weighted by atomic mass is 10.3. The van der Waals surface area contributed by atoms with E-state index in [2.05, 4.69) is 0 Å². The van der Waals surface area contributed by atoms with E-state index in [-0.39, 0.29) is 0 Å². The maximum atomic E-state index is 12.6. The van der Waals surface area contributed by atoms with Crippen LogP contribution in [0.25, 0.3) is 0 Å². The SMILES string of the molecule is CC(=O)NC(C(F)Cl)C(O)S(C)(=O)=O. The first-order valence-electron chi connectivity index (χ1n) is 3.58. The molecule has 0 heterocycles. The fourth-order valence-corrected chi connectivity index (χ4v) is 1.79. The summed E-state index contributed by atoms with van der Waals surface area (Å²) in [6, 6.07) is -1.66. The fraction of sp³-hybridized carbons (Fsp3) is 0.833. The smallest absolute Gasteiger partial charge is 0.217 e. The van der Waals surface area contributed by atoms with Gasteiger partial charge in [-0.25, -0.2) is 12.8 Å². The zero-order valence-electron chi connectivity index (χ0n) is 7.57. The third kappa shape index (κ3) is 4.21. The van der Waals surface area contributed by atoms with E-state index in [4.69, 9.17) is 16.7 Å². The molecule has 0 rings (SSSR count). The Morgan fingerprint density at radius 2 is 2.00 bits per heavy atom. The van der Waals surface area contributed by atoms with Crippen LogP contribution in [-0.4, -0.2) is 42.8 Å². The average Bonchev–Trinajstić information content (AvgIpc) is 1.96. The van der Waals surface area contributed by atoms with Crippen LogP contribution < -0.4 is 5.32 Å². The van der Waals surface area contributed by atoms with E-state index in [0.29, 0.717) is 6.26 Å². The molecule has 2 N–H and O–H groups in total. The Balaban J connectivity index is 4.75. The molecule has 0 spiro atoms. The van der Waals surface area contributed by atoms with Crippen LogP contribution in [0.5, 0.6) is 0 Å². The van der Waals surface area contributed by atoms with Gasteiger partial charge in [0.1, 0.15) is 6.04 Å². The highest BCUT2D eigenvalue weighted by Gasteiger charge is 2.34. The summed E-state index contributed by atoms with van der Waals surface area (Å²) in [5, 5.41) is 11.0. The van der Waals surface area contributed by atoms with Gasteiger partial charge < -0.3 is 10.4 Å². The van der Waals surface area contributed by atoms with Crippen molar-refractivity contribution in [2.24, 2.45) is 0 Å². The van der Waals surface area contributed by atoms with Gasteiger partial charge >= 0.3 is 0 Å². The number of rotatable bonds is 4. The Morgan fingerprint density at radius 1 is 1.57 bits per heavy atom. The van der Waals surface area contributed by atoms with Gasteiger partial charge in [-0.2, -0.15) is 0 Å². The molecule has 14 heavy (non-hydrogen) atoms. The zero-order valence-corrected chi connectivity index (χ0v) is 9.14. The van der Waals surface area contributed by atoms with E-state index in [9.17, 15) is 17.6 Å². The first-order chi connectivity index (χ1) is 6.16. The third-order valence-corrected chi connectivity index (χ3v) is 2.83. The Morgan fingerprint density at radius 3 is 2.21 bits per heavy atom. The predicted molar refractivity (Wildman–Crippen MR) is 49.2 cm³/mol. The molecule has 0 saturated carbocycles. The number of nitrogens with one attached hydrogen (secondary N) is 1. The maximum absolute atomic E-state index is 12.6. The number of amides is 1. The van der Waals surface area contributed by atoms with Crippen molar-refractivity contribution in [3.05, 3.63) is 0 Å². The van der Waals surface area contributed by atoms with Crippen LogP contribution in [0.1, 0.15) is 6.92 Å². The van der Waals surface area contributed by atoms with Crippen molar-refractivity contribution in [1.29, 1.82) is 0 Å². The molecule has 1 amide bonds. The molecule has 0 radical (unpaired) electrons. The van der Waals surface area contributed by atoms with Crippen LogP contribution in [-0.2, 0) is 14.6 Å². The summed E-state index contributed by atoms with van der Waals surface area (Å²) in [5.74, 6) is -0.680. The van der Waals surface area contributed by atoms with Crippen LogP contribution in [0.3, 0.4) is 0 Å². The Kier molecular flexibility index (Phi) is 4.76. The standard InChI is InChI=1S/C6H11ClFNO4S/c1-3(10)9-4(5(7)8)6(11)14(2,12)13/h4-6,11H,1-2H3,(H,9,10). The summed E-state index contributed by atoms with van der Waals surface area (Å²) in [6.45, 7) is 1.06. The molecular weight excluding hydrogens is 237 g/mol. The van der Waals surface area contributed by atoms with Gasteiger partial charge in [-0.3, -0.25) is 4.79 Å². The van der Waals surface area contributed by atoms with Crippen molar-refractivity contribution in [1.82, 2.24) is 5.32 Å². The van der Waals surface area contributed by atoms with E-state index < -0.39 is 32.9 Å². The van der Waals surface area contributed by atoms with Gasteiger partial charge in [0.15, 0.2) is 20.9 Å². The van der Waals surface area contributed by atoms with Crippen LogP contribution >= 0.6 is 11.6 Å². The molecule has 5 nitrogen and oxygen atoms in total. The molecular formula is C6H11ClFNO4S. The number of carbonyl (C=O) groups excluding carboxylic acids is 1. The minimum atomic E-state index is -3.88. The second kappa shape index (κ2) is 4.90. The summed E-state index contributed by atoms with van der Waals surface area (Å²) >= 11 is 4.98. The second-order valence-electron chi connectivity index (χ2n) is 2.78. The average molecular weight is 248 g/mol. The summed E-state index contributed by atoms with van der Waals surface area (Å²) in [6.07, 6.45) is 0.714. The van der Waals surface area contributed by atoms with E-state index >= 15 is 0 Å². The van der Waals surface area contributed by atoms with Crippen LogP contribution in [0.2, 0.25) is 0 Å². The molecule has 84 valence electrons. The molecule has 0 aromatic heterocycles. The quantitative estimate of drug-likeness (QED) is 0.649. The highest BCUT2D eigenvalue weighted by Crippen LogP contribution is 2.12. The number of hydrogen-bond acceptors (Lipinski definition) is 4. The lowest BCUT2D eigenvalue weighted by molar-refractivity contribution is -0.120. The number of carbonyl (C=O) groups is 1. The molecule has 0 saturated heterocycles. The molecule has 0 aliphatic heterocycles. The maximum Gasteiger partial charge on any atom is 0.217 e. The first-order valence-corrected chi connectivity index (χ1v) is 5.97. The molecule has 0 aromatic carbocycles. The van der Waals surface area contributed by atoms with Crippen LogP contribution in [0.4, 0.5) is 4.39 Å². The summed E-state index contributed by atoms with van der Waals surface area (Å²) in [5.41, 5.74) is -4.23. The largest absolute Gasteiger partial charge is 0.375 e. The van der Waals surface area contributed by atoms with Crippen molar-refractivity contribution in [3.63, 3.8) is 0 Å². The Bertz CT molecular complexity index is 305. The molecule has 0 aliphatic rings. The highest BCUT2D eigenvalue weighted by molar-refractivity contribution is 7.91. The van der Waals surface area contributed by atoms with Gasteiger partial charge in [0, 0.05) is 13.2 Å². The summed E-state index contributed by atoms with van der Waals surface area (Å²) < 4.78 is 34.3. The minimum absolute atomic E-state index is 0.680. The van der Waals surface area contributed by atoms with Gasteiger partial charge in [0.25, 0.3) is 0 Å². The molecule has 0 bridgehead atoms. The van der Waals surface area contributed by atoms with Crippen LogP contribution in [0.15, 0.2) is 0 Å². The van der Waals surface area contributed by atoms with E-state index in [1.807, 2.05) is 5.32 Å². The van der Waals surface area contributed by atoms with Gasteiger partial charge in [0.05, 0.1) is 0 Å². The van der Waals surface area contributed by atoms with Gasteiger partial charge in [0.2, 0.25) is 5.91 Å². The van der Waals surface area contributed by atoms with Crippen molar-refractivity contribution in [3.8, 4) is 0 Å². The number of aliphatic hydroxyl groups is 1. The van der Waals surface area contributed by atoms with Crippen molar-refractivity contribution < 1.29 is 22.7 Å². The lowest BCUT2D eigenvalue weighted by Crippen LogP contribution is -2.49. The number of halogens is 2.